The molecule has 1 rings (SSSR count). The van der Waals surface area contributed by atoms with E-state index in [1.165, 1.54) is 0 Å². The Kier molecular flexibility index (Phi) is 5.67. The number of anilines is 1. The summed E-state index contributed by atoms with van der Waals surface area (Å²) in [6.45, 7) is 6.17. The maximum Gasteiger partial charge on any atom is 0.331 e. The quantitative estimate of drug-likeness (QED) is 0.769. The van der Waals surface area contributed by atoms with Crippen molar-refractivity contribution >= 4 is 11.7 Å². The molecule has 0 fully saturated rings. The standard InChI is InChI=1S/C15H23NO3/c1-5-15(6-2,14(17)19-7-3)16-12-9-8-10-13(11-12)18-4/h8-11,16H,5-7H2,1-4H3. The summed E-state index contributed by atoms with van der Waals surface area (Å²) in [7, 11) is 1.62. The van der Waals surface area contributed by atoms with Crippen LogP contribution in [0.2, 0.25) is 0 Å². The van der Waals surface area contributed by atoms with Crippen LogP contribution in [0.3, 0.4) is 0 Å². The van der Waals surface area contributed by atoms with Gasteiger partial charge in [0.05, 0.1) is 13.7 Å². The molecule has 0 aromatic heterocycles. The smallest absolute Gasteiger partial charge is 0.331 e. The van der Waals surface area contributed by atoms with Gasteiger partial charge in [0.15, 0.2) is 0 Å². The molecular formula is C15H23NO3. The second-order valence-corrected chi connectivity index (χ2v) is 4.37. The molecule has 0 heterocycles. The zero-order chi connectivity index (χ0) is 14.3. The van der Waals surface area contributed by atoms with Crippen LogP contribution in [0, 0.1) is 0 Å². The van der Waals surface area contributed by atoms with Crippen LogP contribution in [0.25, 0.3) is 0 Å². The normalized spacial score (nSPS) is 10.9. The Morgan fingerprint density at radius 1 is 1.26 bits per heavy atom. The zero-order valence-electron chi connectivity index (χ0n) is 12.2. The molecule has 0 atom stereocenters. The summed E-state index contributed by atoms with van der Waals surface area (Å²) in [6, 6.07) is 7.55. The van der Waals surface area contributed by atoms with E-state index in [-0.39, 0.29) is 5.97 Å². The van der Waals surface area contributed by atoms with Crippen LogP contribution in [-0.2, 0) is 9.53 Å². The average Bonchev–Trinajstić information content (AvgIpc) is 2.45. The van der Waals surface area contributed by atoms with Crippen LogP contribution < -0.4 is 10.1 Å². The number of benzene rings is 1. The van der Waals surface area contributed by atoms with Crippen LogP contribution >= 0.6 is 0 Å². The Labute approximate surface area is 115 Å². The van der Waals surface area contributed by atoms with Crippen molar-refractivity contribution in [1.82, 2.24) is 0 Å². The van der Waals surface area contributed by atoms with Gasteiger partial charge in [-0.2, -0.15) is 0 Å². The first-order valence-electron chi connectivity index (χ1n) is 6.71. The molecule has 1 N–H and O–H groups in total. The molecule has 4 nitrogen and oxygen atoms in total. The van der Waals surface area contributed by atoms with Crippen molar-refractivity contribution in [2.75, 3.05) is 19.0 Å². The molecule has 1 aromatic rings. The molecule has 1 aromatic carbocycles. The van der Waals surface area contributed by atoms with Gasteiger partial charge in [-0.1, -0.05) is 19.9 Å². The Morgan fingerprint density at radius 2 is 1.95 bits per heavy atom. The second kappa shape index (κ2) is 7.02. The lowest BCUT2D eigenvalue weighted by Gasteiger charge is -2.31. The lowest BCUT2D eigenvalue weighted by atomic mass is 9.92. The van der Waals surface area contributed by atoms with E-state index in [1.54, 1.807) is 7.11 Å². The highest BCUT2D eigenvalue weighted by Crippen LogP contribution is 2.26. The predicted molar refractivity (Wildman–Crippen MR) is 76.6 cm³/mol. The van der Waals surface area contributed by atoms with Crippen LogP contribution in [0.15, 0.2) is 24.3 Å². The second-order valence-electron chi connectivity index (χ2n) is 4.37. The Hall–Kier alpha value is -1.71. The van der Waals surface area contributed by atoms with E-state index in [0.29, 0.717) is 19.4 Å². The van der Waals surface area contributed by atoms with Crippen molar-refractivity contribution < 1.29 is 14.3 Å². The van der Waals surface area contributed by atoms with Crippen molar-refractivity contribution in [1.29, 1.82) is 0 Å². The Bertz CT molecular complexity index is 414. The highest BCUT2D eigenvalue weighted by Gasteiger charge is 2.36. The molecule has 19 heavy (non-hydrogen) atoms. The van der Waals surface area contributed by atoms with Crippen molar-refractivity contribution in [2.24, 2.45) is 0 Å². The lowest BCUT2D eigenvalue weighted by Crippen LogP contribution is -2.46. The number of nitrogens with one attached hydrogen (secondary N) is 1. The number of hydrogen-bond donors (Lipinski definition) is 1. The van der Waals surface area contributed by atoms with E-state index >= 15 is 0 Å². The molecule has 0 saturated carbocycles. The molecule has 0 radical (unpaired) electrons. The van der Waals surface area contributed by atoms with Crippen molar-refractivity contribution in [3.8, 4) is 5.75 Å². The molecule has 0 amide bonds. The number of hydrogen-bond acceptors (Lipinski definition) is 4. The van der Waals surface area contributed by atoms with E-state index in [1.807, 2.05) is 45.0 Å². The number of carbonyl (C=O) groups is 1. The van der Waals surface area contributed by atoms with Crippen LogP contribution in [-0.4, -0.2) is 25.2 Å². The fourth-order valence-corrected chi connectivity index (χ4v) is 2.01. The first-order valence-corrected chi connectivity index (χ1v) is 6.71. The van der Waals surface area contributed by atoms with Gasteiger partial charge >= 0.3 is 5.97 Å². The van der Waals surface area contributed by atoms with Gasteiger partial charge in [0.1, 0.15) is 11.3 Å². The van der Waals surface area contributed by atoms with Crippen molar-refractivity contribution in [2.45, 2.75) is 39.2 Å². The minimum Gasteiger partial charge on any atom is -0.497 e. The summed E-state index contributed by atoms with van der Waals surface area (Å²) in [6.07, 6.45) is 1.33. The molecule has 0 spiro atoms. The molecule has 0 aliphatic rings. The number of ether oxygens (including phenoxy) is 2. The topological polar surface area (TPSA) is 47.6 Å². The SMILES string of the molecule is CCOC(=O)C(CC)(CC)Nc1cccc(OC)c1. The first kappa shape index (κ1) is 15.3. The minimum atomic E-state index is -0.678. The summed E-state index contributed by atoms with van der Waals surface area (Å²) in [4.78, 5) is 12.2. The molecule has 0 unspecified atom stereocenters. The summed E-state index contributed by atoms with van der Waals surface area (Å²) in [5, 5.41) is 3.30. The third-order valence-corrected chi connectivity index (χ3v) is 3.33. The monoisotopic (exact) mass is 265 g/mol. The highest BCUT2D eigenvalue weighted by molar-refractivity contribution is 5.84. The summed E-state index contributed by atoms with van der Waals surface area (Å²) < 4.78 is 10.4. The molecule has 4 heteroatoms. The third kappa shape index (κ3) is 3.63. The predicted octanol–water partition coefficient (Wildman–Crippen LogP) is 3.23. The number of carbonyl (C=O) groups excluding carboxylic acids is 1. The van der Waals surface area contributed by atoms with Crippen LogP contribution in [0.1, 0.15) is 33.6 Å². The summed E-state index contributed by atoms with van der Waals surface area (Å²) >= 11 is 0. The molecule has 0 aliphatic carbocycles. The Balaban J connectivity index is 2.97. The zero-order valence-corrected chi connectivity index (χ0v) is 12.2. The van der Waals surface area contributed by atoms with Gasteiger partial charge in [0, 0.05) is 11.8 Å². The van der Waals surface area contributed by atoms with Gasteiger partial charge in [0.2, 0.25) is 0 Å². The first-order chi connectivity index (χ1) is 9.11. The number of rotatable bonds is 7. The van der Waals surface area contributed by atoms with E-state index in [4.69, 9.17) is 9.47 Å². The molecule has 106 valence electrons. The van der Waals surface area contributed by atoms with Gasteiger partial charge in [0.25, 0.3) is 0 Å². The van der Waals surface area contributed by atoms with Gasteiger partial charge in [-0.25, -0.2) is 4.79 Å². The Morgan fingerprint density at radius 3 is 2.47 bits per heavy atom. The summed E-state index contributed by atoms with van der Waals surface area (Å²) in [5.74, 6) is 0.554. The minimum absolute atomic E-state index is 0.206. The lowest BCUT2D eigenvalue weighted by molar-refractivity contribution is -0.148. The third-order valence-electron chi connectivity index (χ3n) is 3.33. The van der Waals surface area contributed by atoms with Crippen molar-refractivity contribution in [3.05, 3.63) is 24.3 Å². The van der Waals surface area contributed by atoms with E-state index in [2.05, 4.69) is 5.32 Å². The van der Waals surface area contributed by atoms with Gasteiger partial charge in [-0.15, -0.1) is 0 Å². The fourth-order valence-electron chi connectivity index (χ4n) is 2.01. The molecule has 0 saturated heterocycles. The van der Waals surface area contributed by atoms with Crippen LogP contribution in [0.5, 0.6) is 5.75 Å². The van der Waals surface area contributed by atoms with E-state index < -0.39 is 5.54 Å². The maximum absolute atomic E-state index is 12.2. The van der Waals surface area contributed by atoms with Gasteiger partial charge in [-0.3, -0.25) is 0 Å². The molecular weight excluding hydrogens is 242 g/mol. The van der Waals surface area contributed by atoms with Gasteiger partial charge < -0.3 is 14.8 Å². The number of esters is 1. The highest BCUT2D eigenvalue weighted by atomic mass is 16.5. The fraction of sp³-hybridized carbons (Fsp3) is 0.533. The maximum atomic E-state index is 12.2. The van der Waals surface area contributed by atoms with E-state index in [0.717, 1.165) is 11.4 Å². The summed E-state index contributed by atoms with van der Waals surface area (Å²) in [5.41, 5.74) is 0.179. The van der Waals surface area contributed by atoms with Crippen molar-refractivity contribution in [3.63, 3.8) is 0 Å². The van der Waals surface area contributed by atoms with E-state index in [9.17, 15) is 4.79 Å². The molecule has 0 aliphatic heterocycles. The van der Waals surface area contributed by atoms with Gasteiger partial charge in [-0.05, 0) is 31.9 Å². The van der Waals surface area contributed by atoms with Crippen LogP contribution in [0.4, 0.5) is 5.69 Å². The average molecular weight is 265 g/mol. The number of methoxy groups -OCH3 is 1. The molecule has 0 bridgehead atoms. The largest absolute Gasteiger partial charge is 0.497 e.